The number of hydrogen-bond donors (Lipinski definition) is 1. The molecule has 2 nitrogen and oxygen atoms in total. The number of halogens is 1. The predicted octanol–water partition coefficient (Wildman–Crippen LogP) is 4.22. The van der Waals surface area contributed by atoms with E-state index in [2.05, 4.69) is 19.2 Å². The van der Waals surface area contributed by atoms with Gasteiger partial charge in [0.1, 0.15) is 5.82 Å². The third-order valence-electron chi connectivity index (χ3n) is 3.31. The molecule has 0 fully saturated rings. The average molecular weight is 265 g/mol. The van der Waals surface area contributed by atoms with Gasteiger partial charge in [0.05, 0.1) is 5.56 Å². The van der Waals surface area contributed by atoms with Gasteiger partial charge in [-0.3, -0.25) is 4.79 Å². The molecule has 1 aromatic rings. The van der Waals surface area contributed by atoms with Crippen molar-refractivity contribution in [2.24, 2.45) is 0 Å². The van der Waals surface area contributed by atoms with Gasteiger partial charge >= 0.3 is 0 Å². The van der Waals surface area contributed by atoms with Gasteiger partial charge < -0.3 is 5.32 Å². The Morgan fingerprint density at radius 3 is 2.63 bits per heavy atom. The first-order valence-corrected chi connectivity index (χ1v) is 7.16. The third kappa shape index (κ3) is 4.66. The molecule has 1 unspecified atom stereocenters. The van der Waals surface area contributed by atoms with E-state index < -0.39 is 5.82 Å². The van der Waals surface area contributed by atoms with Crippen molar-refractivity contribution < 1.29 is 9.18 Å². The average Bonchev–Trinajstić information content (AvgIpc) is 2.39. The summed E-state index contributed by atoms with van der Waals surface area (Å²) in [6.45, 7) is 5.90. The number of hydrogen-bond acceptors (Lipinski definition) is 1. The Kier molecular flexibility index (Phi) is 6.54. The number of rotatable bonds is 7. The van der Waals surface area contributed by atoms with Crippen LogP contribution < -0.4 is 5.32 Å². The van der Waals surface area contributed by atoms with E-state index in [-0.39, 0.29) is 17.5 Å². The van der Waals surface area contributed by atoms with Gasteiger partial charge in [0.2, 0.25) is 0 Å². The fraction of sp³-hybridized carbons (Fsp3) is 0.562. The summed E-state index contributed by atoms with van der Waals surface area (Å²) in [5.41, 5.74) is 0.658. The number of carbonyl (C=O) groups is 1. The Morgan fingerprint density at radius 2 is 2.00 bits per heavy atom. The minimum atomic E-state index is -0.411. The summed E-state index contributed by atoms with van der Waals surface area (Å²) in [5.74, 6) is -0.707. The summed E-state index contributed by atoms with van der Waals surface area (Å²) in [4.78, 5) is 12.1. The SMILES string of the molecule is CCCCC(CCC)NC(=O)c1cccc(C)c1F. The van der Waals surface area contributed by atoms with Crippen molar-refractivity contribution in [3.63, 3.8) is 0 Å². The minimum Gasteiger partial charge on any atom is -0.349 e. The second kappa shape index (κ2) is 7.93. The summed E-state index contributed by atoms with van der Waals surface area (Å²) >= 11 is 0. The van der Waals surface area contributed by atoms with E-state index in [0.717, 1.165) is 32.1 Å². The van der Waals surface area contributed by atoms with Crippen LogP contribution >= 0.6 is 0 Å². The molecule has 0 aliphatic carbocycles. The molecule has 1 rings (SSSR count). The first kappa shape index (κ1) is 15.7. The van der Waals surface area contributed by atoms with Gasteiger partial charge in [-0.1, -0.05) is 45.2 Å². The van der Waals surface area contributed by atoms with Crippen molar-refractivity contribution in [3.8, 4) is 0 Å². The molecular weight excluding hydrogens is 241 g/mol. The van der Waals surface area contributed by atoms with Crippen molar-refractivity contribution in [1.82, 2.24) is 5.32 Å². The van der Waals surface area contributed by atoms with Crippen LogP contribution in [0.1, 0.15) is 61.9 Å². The van der Waals surface area contributed by atoms with Gasteiger partial charge in [0.25, 0.3) is 5.91 Å². The summed E-state index contributed by atoms with van der Waals surface area (Å²) in [7, 11) is 0. The van der Waals surface area contributed by atoms with Crippen molar-refractivity contribution in [1.29, 1.82) is 0 Å². The van der Waals surface area contributed by atoms with E-state index in [1.54, 1.807) is 25.1 Å². The Balaban J connectivity index is 2.72. The lowest BCUT2D eigenvalue weighted by atomic mass is 10.0. The zero-order chi connectivity index (χ0) is 14.3. The molecule has 1 atom stereocenters. The van der Waals surface area contributed by atoms with Crippen molar-refractivity contribution >= 4 is 5.91 Å². The summed E-state index contributed by atoms with van der Waals surface area (Å²) in [5, 5.41) is 2.96. The number of nitrogens with one attached hydrogen (secondary N) is 1. The molecule has 0 saturated carbocycles. The number of aryl methyl sites for hydroxylation is 1. The second-order valence-corrected chi connectivity index (χ2v) is 5.04. The maximum absolute atomic E-state index is 13.9. The van der Waals surface area contributed by atoms with Gasteiger partial charge in [0.15, 0.2) is 0 Å². The van der Waals surface area contributed by atoms with Crippen LogP contribution in [0, 0.1) is 12.7 Å². The molecule has 0 aliphatic heterocycles. The molecule has 0 heterocycles. The fourth-order valence-corrected chi connectivity index (χ4v) is 2.17. The zero-order valence-electron chi connectivity index (χ0n) is 12.1. The first-order chi connectivity index (χ1) is 9.10. The number of carbonyl (C=O) groups excluding carboxylic acids is 1. The van der Waals surface area contributed by atoms with Crippen molar-refractivity contribution in [2.45, 2.75) is 58.9 Å². The molecule has 0 aliphatic rings. The van der Waals surface area contributed by atoms with Crippen molar-refractivity contribution in [3.05, 3.63) is 35.1 Å². The number of unbranched alkanes of at least 4 members (excludes halogenated alkanes) is 1. The van der Waals surface area contributed by atoms with E-state index in [4.69, 9.17) is 0 Å². The van der Waals surface area contributed by atoms with Crippen molar-refractivity contribution in [2.75, 3.05) is 0 Å². The summed E-state index contributed by atoms with van der Waals surface area (Å²) in [6, 6.07) is 5.08. The zero-order valence-corrected chi connectivity index (χ0v) is 12.1. The second-order valence-electron chi connectivity index (χ2n) is 5.04. The van der Waals surface area contributed by atoms with Gasteiger partial charge in [-0.25, -0.2) is 4.39 Å². The highest BCUT2D eigenvalue weighted by molar-refractivity contribution is 5.94. The van der Waals surface area contributed by atoms with Gasteiger partial charge in [-0.2, -0.15) is 0 Å². The van der Waals surface area contributed by atoms with Crippen LogP contribution in [0.25, 0.3) is 0 Å². The highest BCUT2D eigenvalue weighted by Gasteiger charge is 2.16. The normalized spacial score (nSPS) is 12.2. The Labute approximate surface area is 115 Å². The summed E-state index contributed by atoms with van der Waals surface area (Å²) in [6.07, 6.45) is 5.11. The third-order valence-corrected chi connectivity index (χ3v) is 3.31. The van der Waals surface area contributed by atoms with E-state index in [1.807, 2.05) is 0 Å². The van der Waals surface area contributed by atoms with Gasteiger partial charge in [-0.05, 0) is 31.4 Å². The Morgan fingerprint density at radius 1 is 1.26 bits per heavy atom. The molecule has 0 aromatic heterocycles. The van der Waals surface area contributed by atoms with Crippen LogP contribution in [0.4, 0.5) is 4.39 Å². The molecule has 3 heteroatoms. The molecule has 106 valence electrons. The monoisotopic (exact) mass is 265 g/mol. The number of benzene rings is 1. The maximum Gasteiger partial charge on any atom is 0.254 e. The smallest absolute Gasteiger partial charge is 0.254 e. The quantitative estimate of drug-likeness (QED) is 0.785. The van der Waals surface area contributed by atoms with Crippen LogP contribution in [0.15, 0.2) is 18.2 Å². The highest BCUT2D eigenvalue weighted by Crippen LogP contribution is 2.13. The fourth-order valence-electron chi connectivity index (χ4n) is 2.17. The van der Waals surface area contributed by atoms with Crippen LogP contribution in [0.3, 0.4) is 0 Å². The Bertz CT molecular complexity index is 417. The van der Waals surface area contributed by atoms with Crippen LogP contribution in [-0.2, 0) is 0 Å². The largest absolute Gasteiger partial charge is 0.349 e. The lowest BCUT2D eigenvalue weighted by molar-refractivity contribution is 0.0928. The van der Waals surface area contributed by atoms with E-state index >= 15 is 0 Å². The molecule has 0 bridgehead atoms. The molecule has 19 heavy (non-hydrogen) atoms. The first-order valence-electron chi connectivity index (χ1n) is 7.16. The van der Waals surface area contributed by atoms with Gasteiger partial charge in [0, 0.05) is 6.04 Å². The topological polar surface area (TPSA) is 29.1 Å². The van der Waals surface area contributed by atoms with Crippen LogP contribution in [0.5, 0.6) is 0 Å². The molecule has 0 saturated heterocycles. The lowest BCUT2D eigenvalue weighted by Gasteiger charge is -2.18. The van der Waals surface area contributed by atoms with Crippen LogP contribution in [-0.4, -0.2) is 11.9 Å². The van der Waals surface area contributed by atoms with E-state index in [9.17, 15) is 9.18 Å². The summed E-state index contributed by atoms with van der Waals surface area (Å²) < 4.78 is 13.9. The molecule has 1 N–H and O–H groups in total. The number of amides is 1. The van der Waals surface area contributed by atoms with Crippen LogP contribution in [0.2, 0.25) is 0 Å². The lowest BCUT2D eigenvalue weighted by Crippen LogP contribution is -2.35. The van der Waals surface area contributed by atoms with Gasteiger partial charge in [-0.15, -0.1) is 0 Å². The molecular formula is C16H24FNO. The minimum absolute atomic E-state index is 0.150. The van der Waals surface area contributed by atoms with E-state index in [0.29, 0.717) is 5.56 Å². The molecule has 0 spiro atoms. The molecule has 0 radical (unpaired) electrons. The highest BCUT2D eigenvalue weighted by atomic mass is 19.1. The molecule has 1 aromatic carbocycles. The maximum atomic E-state index is 13.9. The predicted molar refractivity (Wildman–Crippen MR) is 76.8 cm³/mol. The molecule has 1 amide bonds. The van der Waals surface area contributed by atoms with E-state index in [1.165, 1.54) is 0 Å². The Hall–Kier alpha value is -1.38. The standard InChI is InChI=1S/C16H24FNO/c1-4-6-10-13(8-5-2)18-16(19)14-11-7-9-12(3)15(14)17/h7,9,11,13H,4-6,8,10H2,1-3H3,(H,18,19).